The molecule has 3 aromatic rings. The van der Waals surface area contributed by atoms with E-state index in [0.717, 1.165) is 67.6 Å². The standard InChI is InChI=1S/C24H32N6S/c1-24(2,9-11-30-14-12-29(3)13-15-30)28-22-20-18-7-4-8-19(18)31-23(20)27-21(26-22)17-6-5-10-25-16-17/h5-6,10,16H,4,7-9,11-15H2,1-3H3,(H,26,27,28). The van der Waals surface area contributed by atoms with Crippen LogP contribution in [0.4, 0.5) is 5.82 Å². The van der Waals surface area contributed by atoms with Gasteiger partial charge >= 0.3 is 0 Å². The Morgan fingerprint density at radius 1 is 1.13 bits per heavy atom. The fourth-order valence-corrected chi connectivity index (χ4v) is 5.86. The lowest BCUT2D eigenvalue weighted by atomic mass is 9.99. The zero-order chi connectivity index (χ0) is 21.4. The molecule has 1 N–H and O–H groups in total. The van der Waals surface area contributed by atoms with Crippen molar-refractivity contribution in [3.05, 3.63) is 35.0 Å². The van der Waals surface area contributed by atoms with E-state index in [1.165, 1.54) is 28.7 Å². The third kappa shape index (κ3) is 4.45. The van der Waals surface area contributed by atoms with Gasteiger partial charge in [-0.3, -0.25) is 4.98 Å². The second-order valence-corrected chi connectivity index (χ2v) is 10.7. The van der Waals surface area contributed by atoms with E-state index in [1.807, 2.05) is 29.7 Å². The molecule has 0 radical (unpaired) electrons. The molecule has 0 amide bonds. The van der Waals surface area contributed by atoms with Crippen molar-refractivity contribution in [3.63, 3.8) is 0 Å². The summed E-state index contributed by atoms with van der Waals surface area (Å²) in [4.78, 5) is 21.8. The number of aromatic nitrogens is 3. The van der Waals surface area contributed by atoms with Crippen molar-refractivity contribution in [1.29, 1.82) is 0 Å². The first-order valence-corrected chi connectivity index (χ1v) is 12.2. The molecule has 2 aliphatic rings. The lowest BCUT2D eigenvalue weighted by Crippen LogP contribution is -2.46. The normalized spacial score (nSPS) is 17.9. The second kappa shape index (κ2) is 8.45. The minimum absolute atomic E-state index is 0.0513. The van der Waals surface area contributed by atoms with Gasteiger partial charge in [-0.25, -0.2) is 9.97 Å². The van der Waals surface area contributed by atoms with Gasteiger partial charge in [0.05, 0.1) is 5.39 Å². The summed E-state index contributed by atoms with van der Waals surface area (Å²) in [5.41, 5.74) is 2.39. The van der Waals surface area contributed by atoms with Gasteiger partial charge < -0.3 is 15.1 Å². The van der Waals surface area contributed by atoms with Gasteiger partial charge in [-0.2, -0.15) is 0 Å². The van der Waals surface area contributed by atoms with E-state index in [2.05, 4.69) is 41.0 Å². The van der Waals surface area contributed by atoms with Crippen LogP contribution in [0.5, 0.6) is 0 Å². The zero-order valence-corrected chi connectivity index (χ0v) is 19.6. The van der Waals surface area contributed by atoms with Gasteiger partial charge in [0.15, 0.2) is 5.82 Å². The van der Waals surface area contributed by atoms with Crippen LogP contribution in [0.3, 0.4) is 0 Å². The average molecular weight is 437 g/mol. The first-order valence-electron chi connectivity index (χ1n) is 11.4. The number of piperazine rings is 1. The number of nitrogens with one attached hydrogen (secondary N) is 1. The monoisotopic (exact) mass is 436 g/mol. The third-order valence-corrected chi connectivity index (χ3v) is 7.78. The smallest absolute Gasteiger partial charge is 0.164 e. The predicted molar refractivity (Wildman–Crippen MR) is 129 cm³/mol. The summed E-state index contributed by atoms with van der Waals surface area (Å²) in [6.07, 6.45) is 8.28. The molecule has 164 valence electrons. The Hall–Kier alpha value is -2.09. The van der Waals surface area contributed by atoms with Crippen LogP contribution in [0.25, 0.3) is 21.6 Å². The van der Waals surface area contributed by atoms with E-state index >= 15 is 0 Å². The van der Waals surface area contributed by atoms with Crippen molar-refractivity contribution in [2.24, 2.45) is 0 Å². The number of pyridine rings is 1. The Labute approximate surface area is 188 Å². The summed E-state index contributed by atoms with van der Waals surface area (Å²) in [5.74, 6) is 1.75. The Morgan fingerprint density at radius 3 is 2.74 bits per heavy atom. The minimum atomic E-state index is -0.0513. The Morgan fingerprint density at radius 2 is 1.97 bits per heavy atom. The van der Waals surface area contributed by atoms with Crippen LogP contribution < -0.4 is 5.32 Å². The fraction of sp³-hybridized carbons (Fsp3) is 0.542. The molecule has 1 fully saturated rings. The molecule has 0 spiro atoms. The van der Waals surface area contributed by atoms with Crippen molar-refractivity contribution in [2.45, 2.75) is 45.1 Å². The quantitative estimate of drug-likeness (QED) is 0.629. The number of hydrogen-bond donors (Lipinski definition) is 1. The molecule has 4 heterocycles. The molecule has 1 aliphatic heterocycles. The second-order valence-electron chi connectivity index (χ2n) is 9.58. The first-order chi connectivity index (χ1) is 15.0. The molecule has 1 saturated heterocycles. The maximum absolute atomic E-state index is 5.03. The highest BCUT2D eigenvalue weighted by molar-refractivity contribution is 7.19. The van der Waals surface area contributed by atoms with Crippen LogP contribution in [0.2, 0.25) is 0 Å². The van der Waals surface area contributed by atoms with E-state index in [4.69, 9.17) is 9.97 Å². The highest BCUT2D eigenvalue weighted by atomic mass is 32.1. The van der Waals surface area contributed by atoms with Gasteiger partial charge in [-0.1, -0.05) is 0 Å². The largest absolute Gasteiger partial charge is 0.364 e. The van der Waals surface area contributed by atoms with Crippen LogP contribution in [0, 0.1) is 0 Å². The van der Waals surface area contributed by atoms with Crippen molar-refractivity contribution in [1.82, 2.24) is 24.8 Å². The van der Waals surface area contributed by atoms with Gasteiger partial charge in [-0.15, -0.1) is 11.3 Å². The summed E-state index contributed by atoms with van der Waals surface area (Å²) in [6, 6.07) is 3.99. The number of thiophene rings is 1. The van der Waals surface area contributed by atoms with Crippen LogP contribution >= 0.6 is 11.3 Å². The Balaban J connectivity index is 1.43. The highest BCUT2D eigenvalue weighted by Gasteiger charge is 2.27. The molecule has 0 bridgehead atoms. The SMILES string of the molecule is CN1CCN(CCC(C)(C)Nc2nc(-c3cccnc3)nc3sc4c(c23)CCC4)CC1. The van der Waals surface area contributed by atoms with Crippen molar-refractivity contribution in [3.8, 4) is 11.4 Å². The van der Waals surface area contributed by atoms with Gasteiger partial charge in [0.2, 0.25) is 0 Å². The van der Waals surface area contributed by atoms with Crippen LogP contribution in [0.1, 0.15) is 37.1 Å². The summed E-state index contributed by atoms with van der Waals surface area (Å²) in [7, 11) is 2.21. The number of anilines is 1. The summed E-state index contributed by atoms with van der Waals surface area (Å²) in [5, 5.41) is 5.08. The number of fused-ring (bicyclic) bond motifs is 3. The Kier molecular flexibility index (Phi) is 5.67. The average Bonchev–Trinajstić information content (AvgIpc) is 3.35. The summed E-state index contributed by atoms with van der Waals surface area (Å²) >= 11 is 1.85. The van der Waals surface area contributed by atoms with Crippen molar-refractivity contribution < 1.29 is 0 Å². The molecule has 0 saturated carbocycles. The fourth-order valence-electron chi connectivity index (χ4n) is 4.60. The summed E-state index contributed by atoms with van der Waals surface area (Å²) < 4.78 is 0. The zero-order valence-electron chi connectivity index (χ0n) is 18.8. The van der Waals surface area contributed by atoms with Crippen LogP contribution in [-0.4, -0.2) is 70.1 Å². The lowest BCUT2D eigenvalue weighted by Gasteiger charge is -2.35. The molecular weight excluding hydrogens is 404 g/mol. The molecule has 6 nitrogen and oxygen atoms in total. The lowest BCUT2D eigenvalue weighted by molar-refractivity contribution is 0.147. The molecule has 3 aromatic heterocycles. The number of aryl methyl sites for hydroxylation is 2. The van der Waals surface area contributed by atoms with Crippen LogP contribution in [0.15, 0.2) is 24.5 Å². The molecule has 0 unspecified atom stereocenters. The number of likely N-dealkylation sites (N-methyl/N-ethyl adjacent to an activating group) is 1. The summed E-state index contributed by atoms with van der Waals surface area (Å²) in [6.45, 7) is 10.4. The molecular formula is C24H32N6S. The predicted octanol–water partition coefficient (Wildman–Crippen LogP) is 4.07. The number of nitrogens with zero attached hydrogens (tertiary/aromatic N) is 5. The third-order valence-electron chi connectivity index (χ3n) is 6.59. The van der Waals surface area contributed by atoms with E-state index in [0.29, 0.717) is 0 Å². The number of rotatable bonds is 6. The molecule has 0 aromatic carbocycles. The first kappa shape index (κ1) is 20.8. The molecule has 1 aliphatic carbocycles. The van der Waals surface area contributed by atoms with Crippen molar-refractivity contribution >= 4 is 27.4 Å². The van der Waals surface area contributed by atoms with E-state index in [9.17, 15) is 0 Å². The van der Waals surface area contributed by atoms with Gasteiger partial charge in [-0.05, 0) is 64.3 Å². The maximum Gasteiger partial charge on any atom is 0.164 e. The van der Waals surface area contributed by atoms with Crippen LogP contribution in [-0.2, 0) is 12.8 Å². The molecule has 5 rings (SSSR count). The minimum Gasteiger partial charge on any atom is -0.364 e. The van der Waals surface area contributed by atoms with E-state index in [1.54, 1.807) is 6.20 Å². The van der Waals surface area contributed by atoms with Gasteiger partial charge in [0.25, 0.3) is 0 Å². The topological polar surface area (TPSA) is 57.2 Å². The molecule has 31 heavy (non-hydrogen) atoms. The molecule has 7 heteroatoms. The van der Waals surface area contributed by atoms with Gasteiger partial charge in [0, 0.05) is 61.1 Å². The van der Waals surface area contributed by atoms with Crippen molar-refractivity contribution in [2.75, 3.05) is 45.1 Å². The van der Waals surface area contributed by atoms with Gasteiger partial charge in [0.1, 0.15) is 10.6 Å². The van der Waals surface area contributed by atoms with E-state index < -0.39 is 0 Å². The maximum atomic E-state index is 5.03. The van der Waals surface area contributed by atoms with E-state index in [-0.39, 0.29) is 5.54 Å². The molecule has 0 atom stereocenters. The highest BCUT2D eigenvalue weighted by Crippen LogP contribution is 2.41. The Bertz CT molecular complexity index is 1050. The number of hydrogen-bond acceptors (Lipinski definition) is 7.